The highest BCUT2D eigenvalue weighted by atomic mass is 32.1. The number of methoxy groups -OCH3 is 1. The number of nitrogens with zero attached hydrogens (tertiary/aromatic N) is 3. The molecule has 0 saturated heterocycles. The van der Waals surface area contributed by atoms with Crippen LogP contribution in [-0.2, 0) is 27.9 Å². The molecule has 0 spiro atoms. The number of carbonyl (C=O) groups is 2. The van der Waals surface area contributed by atoms with E-state index in [2.05, 4.69) is 34.7 Å². The van der Waals surface area contributed by atoms with E-state index in [1.54, 1.807) is 20.2 Å². The SMILES string of the molecule is C=C(C)c1cccc(CCCN(Cc2nc(C(=O)OCC)c(C)s2)C(=O)C2(c3ccc(OC)cn3)CC2)c1. The maximum atomic E-state index is 14.0. The average molecular weight is 534 g/mol. The monoisotopic (exact) mass is 533 g/mol. The maximum absolute atomic E-state index is 14.0. The van der Waals surface area contributed by atoms with E-state index in [-0.39, 0.29) is 5.91 Å². The number of ether oxygens (including phenoxy) is 2. The van der Waals surface area contributed by atoms with Gasteiger partial charge in [-0.15, -0.1) is 11.3 Å². The molecule has 2 heterocycles. The van der Waals surface area contributed by atoms with Crippen LogP contribution < -0.4 is 4.74 Å². The molecule has 0 bridgehead atoms. The molecule has 7 nitrogen and oxygen atoms in total. The Bertz CT molecular complexity index is 1310. The second-order valence-corrected chi connectivity index (χ2v) is 11.0. The molecule has 0 unspecified atom stereocenters. The van der Waals surface area contributed by atoms with Crippen LogP contribution in [0.2, 0.25) is 0 Å². The predicted octanol–water partition coefficient (Wildman–Crippen LogP) is 5.76. The molecule has 1 amide bonds. The molecule has 1 aliphatic rings. The molecule has 0 radical (unpaired) electrons. The largest absolute Gasteiger partial charge is 0.495 e. The molecule has 0 aliphatic heterocycles. The number of allylic oxidation sites excluding steroid dienone is 1. The van der Waals surface area contributed by atoms with Crippen molar-refractivity contribution < 1.29 is 19.1 Å². The number of rotatable bonds is 12. The first kappa shape index (κ1) is 27.5. The van der Waals surface area contributed by atoms with E-state index in [1.807, 2.05) is 36.9 Å². The van der Waals surface area contributed by atoms with Gasteiger partial charge in [-0.3, -0.25) is 9.78 Å². The first-order valence-electron chi connectivity index (χ1n) is 13.0. The number of benzene rings is 1. The maximum Gasteiger partial charge on any atom is 0.358 e. The minimum Gasteiger partial charge on any atom is -0.495 e. The second kappa shape index (κ2) is 11.9. The normalized spacial score (nSPS) is 13.6. The Balaban J connectivity index is 1.55. The molecule has 1 fully saturated rings. The molecular weight excluding hydrogens is 498 g/mol. The fourth-order valence-electron chi connectivity index (χ4n) is 4.58. The van der Waals surface area contributed by atoms with Crippen molar-refractivity contribution in [2.45, 2.75) is 58.4 Å². The van der Waals surface area contributed by atoms with Gasteiger partial charge in [0.2, 0.25) is 5.91 Å². The van der Waals surface area contributed by atoms with Gasteiger partial charge in [0.1, 0.15) is 10.8 Å². The summed E-state index contributed by atoms with van der Waals surface area (Å²) in [5, 5.41) is 0.724. The summed E-state index contributed by atoms with van der Waals surface area (Å²) in [4.78, 5) is 38.1. The van der Waals surface area contributed by atoms with Gasteiger partial charge < -0.3 is 14.4 Å². The Morgan fingerprint density at radius 2 is 2.00 bits per heavy atom. The smallest absolute Gasteiger partial charge is 0.358 e. The fraction of sp³-hybridized carbons (Fsp3) is 0.400. The molecular formula is C30H35N3O4S. The molecule has 38 heavy (non-hydrogen) atoms. The van der Waals surface area contributed by atoms with E-state index in [0.29, 0.717) is 31.1 Å². The number of amides is 1. The van der Waals surface area contributed by atoms with Crippen LogP contribution in [0, 0.1) is 6.92 Å². The third-order valence-electron chi connectivity index (χ3n) is 6.86. The number of pyridine rings is 1. The standard InChI is InChI=1S/C30H35N3O4S/c1-6-37-28(34)27-21(4)38-26(32-27)19-33(16-8-10-22-9-7-11-23(17-22)20(2)3)29(35)30(14-15-30)25-13-12-24(36-5)18-31-25/h7,9,11-13,17-18H,2,6,8,10,14-16,19H2,1,3-5H3. The molecule has 3 aromatic rings. The van der Waals surface area contributed by atoms with Crippen LogP contribution in [0.5, 0.6) is 5.75 Å². The van der Waals surface area contributed by atoms with Gasteiger partial charge in [-0.1, -0.05) is 36.4 Å². The van der Waals surface area contributed by atoms with Crippen molar-refractivity contribution in [3.8, 4) is 5.75 Å². The van der Waals surface area contributed by atoms with E-state index in [1.165, 1.54) is 16.9 Å². The molecule has 200 valence electrons. The molecule has 1 saturated carbocycles. The average Bonchev–Trinajstić information content (AvgIpc) is 3.65. The van der Waals surface area contributed by atoms with E-state index in [4.69, 9.17) is 9.47 Å². The van der Waals surface area contributed by atoms with Crippen LogP contribution in [0.3, 0.4) is 0 Å². The number of carbonyl (C=O) groups excluding carboxylic acids is 2. The number of esters is 1. The fourth-order valence-corrected chi connectivity index (χ4v) is 5.52. The van der Waals surface area contributed by atoms with E-state index >= 15 is 0 Å². The van der Waals surface area contributed by atoms with Crippen molar-refractivity contribution >= 4 is 28.8 Å². The highest BCUT2D eigenvalue weighted by Crippen LogP contribution is 2.49. The van der Waals surface area contributed by atoms with Gasteiger partial charge in [0, 0.05) is 11.4 Å². The Kier molecular flexibility index (Phi) is 8.62. The van der Waals surface area contributed by atoms with Gasteiger partial charge >= 0.3 is 5.97 Å². The number of aryl methyl sites for hydroxylation is 2. The number of thiazole rings is 1. The van der Waals surface area contributed by atoms with Gasteiger partial charge in [0.25, 0.3) is 0 Å². The van der Waals surface area contributed by atoms with Crippen LogP contribution in [-0.4, -0.2) is 47.0 Å². The summed E-state index contributed by atoms with van der Waals surface area (Å²) in [5.41, 5.74) is 3.84. The van der Waals surface area contributed by atoms with Gasteiger partial charge in [0.05, 0.1) is 37.6 Å². The van der Waals surface area contributed by atoms with Crippen molar-refractivity contribution in [3.63, 3.8) is 0 Å². The van der Waals surface area contributed by atoms with Gasteiger partial charge in [0.15, 0.2) is 5.69 Å². The van der Waals surface area contributed by atoms with Crippen molar-refractivity contribution in [3.05, 3.63) is 81.6 Å². The Morgan fingerprint density at radius 1 is 1.21 bits per heavy atom. The quantitative estimate of drug-likeness (QED) is 0.276. The Labute approximate surface area is 228 Å². The molecule has 2 aromatic heterocycles. The Morgan fingerprint density at radius 3 is 2.63 bits per heavy atom. The molecule has 0 atom stereocenters. The Hall–Kier alpha value is -3.52. The lowest BCUT2D eigenvalue weighted by Gasteiger charge is -2.27. The lowest BCUT2D eigenvalue weighted by Crippen LogP contribution is -2.40. The third kappa shape index (κ3) is 6.13. The molecule has 0 N–H and O–H groups in total. The van der Waals surface area contributed by atoms with Crippen LogP contribution in [0.15, 0.2) is 49.2 Å². The van der Waals surface area contributed by atoms with Crippen LogP contribution >= 0.6 is 11.3 Å². The zero-order valence-electron chi connectivity index (χ0n) is 22.6. The van der Waals surface area contributed by atoms with Crippen molar-refractivity contribution in [1.82, 2.24) is 14.9 Å². The summed E-state index contributed by atoms with van der Waals surface area (Å²) in [6, 6.07) is 12.1. The van der Waals surface area contributed by atoms with Crippen LogP contribution in [0.1, 0.15) is 70.3 Å². The van der Waals surface area contributed by atoms with E-state index in [9.17, 15) is 9.59 Å². The molecule has 8 heteroatoms. The van der Waals surface area contributed by atoms with E-state index < -0.39 is 11.4 Å². The first-order chi connectivity index (χ1) is 18.3. The van der Waals surface area contributed by atoms with Crippen molar-refractivity contribution in [2.24, 2.45) is 0 Å². The minimum atomic E-state index is -0.623. The highest BCUT2D eigenvalue weighted by molar-refractivity contribution is 7.11. The second-order valence-electron chi connectivity index (χ2n) is 9.71. The lowest BCUT2D eigenvalue weighted by atomic mass is 9.98. The zero-order valence-corrected chi connectivity index (χ0v) is 23.4. The summed E-state index contributed by atoms with van der Waals surface area (Å²) in [7, 11) is 1.60. The van der Waals surface area contributed by atoms with Gasteiger partial charge in [-0.25, -0.2) is 9.78 Å². The number of hydrogen-bond donors (Lipinski definition) is 0. The van der Waals surface area contributed by atoms with Gasteiger partial charge in [-0.2, -0.15) is 0 Å². The predicted molar refractivity (Wildman–Crippen MR) is 149 cm³/mol. The highest BCUT2D eigenvalue weighted by Gasteiger charge is 2.54. The summed E-state index contributed by atoms with van der Waals surface area (Å²) in [6.07, 6.45) is 4.81. The van der Waals surface area contributed by atoms with Gasteiger partial charge in [-0.05, 0) is 69.7 Å². The summed E-state index contributed by atoms with van der Waals surface area (Å²) in [5.74, 6) is 0.288. The topological polar surface area (TPSA) is 81.6 Å². The summed E-state index contributed by atoms with van der Waals surface area (Å²) in [6.45, 7) is 10.9. The molecule has 1 aromatic carbocycles. The zero-order chi connectivity index (χ0) is 27.3. The van der Waals surface area contributed by atoms with Crippen molar-refractivity contribution in [1.29, 1.82) is 0 Å². The minimum absolute atomic E-state index is 0.0522. The summed E-state index contributed by atoms with van der Waals surface area (Å²) < 4.78 is 10.4. The van der Waals surface area contributed by atoms with Crippen LogP contribution in [0.25, 0.3) is 5.57 Å². The molecule has 4 rings (SSSR count). The summed E-state index contributed by atoms with van der Waals surface area (Å²) >= 11 is 1.43. The van der Waals surface area contributed by atoms with Crippen molar-refractivity contribution in [2.75, 3.05) is 20.3 Å². The number of hydrogen-bond acceptors (Lipinski definition) is 7. The van der Waals surface area contributed by atoms with Crippen LogP contribution in [0.4, 0.5) is 0 Å². The third-order valence-corrected chi connectivity index (χ3v) is 7.81. The number of aromatic nitrogens is 2. The first-order valence-corrected chi connectivity index (χ1v) is 13.8. The van der Waals surface area contributed by atoms with E-state index in [0.717, 1.165) is 52.4 Å². The molecule has 1 aliphatic carbocycles. The lowest BCUT2D eigenvalue weighted by molar-refractivity contribution is -0.134.